The van der Waals surface area contributed by atoms with Crippen molar-refractivity contribution in [2.24, 2.45) is 0 Å². The van der Waals surface area contributed by atoms with Crippen LogP contribution in [0.25, 0.3) is 0 Å². The number of ether oxygens (including phenoxy) is 1. The van der Waals surface area contributed by atoms with Gasteiger partial charge in [-0.05, 0) is 32.3 Å². The lowest BCUT2D eigenvalue weighted by Gasteiger charge is -2.15. The molecule has 0 amide bonds. The third-order valence-corrected chi connectivity index (χ3v) is 3.02. The number of alkyl halides is 3. The van der Waals surface area contributed by atoms with Crippen LogP contribution in [0.15, 0.2) is 22.7 Å². The van der Waals surface area contributed by atoms with Crippen molar-refractivity contribution in [2.45, 2.75) is 6.18 Å². The second kappa shape index (κ2) is 7.85. The molecule has 0 saturated heterocycles. The summed E-state index contributed by atoms with van der Waals surface area (Å²) in [6.45, 7) is 2.03. The van der Waals surface area contributed by atoms with Gasteiger partial charge in [0, 0.05) is 23.2 Å². The summed E-state index contributed by atoms with van der Waals surface area (Å²) in [5, 5.41) is 2.76. The van der Waals surface area contributed by atoms with E-state index in [1.165, 1.54) is 6.07 Å². The van der Waals surface area contributed by atoms with Gasteiger partial charge in [0.1, 0.15) is 0 Å². The molecule has 1 aromatic carbocycles. The quantitative estimate of drug-likeness (QED) is 0.759. The predicted molar refractivity (Wildman–Crippen MR) is 77.0 cm³/mol. The van der Waals surface area contributed by atoms with Crippen molar-refractivity contribution in [1.82, 2.24) is 4.90 Å². The smallest absolute Gasteiger partial charge is 0.382 e. The molecule has 0 unspecified atom stereocenters. The molecule has 0 radical (unpaired) electrons. The van der Waals surface area contributed by atoms with Crippen molar-refractivity contribution in [1.29, 1.82) is 0 Å². The first-order valence-electron chi connectivity index (χ1n) is 6.14. The molecular formula is C13H18BrF3N2O. The molecule has 0 fully saturated rings. The van der Waals surface area contributed by atoms with Crippen LogP contribution in [-0.4, -0.2) is 45.3 Å². The van der Waals surface area contributed by atoms with Crippen molar-refractivity contribution < 1.29 is 17.9 Å². The molecule has 1 N–H and O–H groups in total. The van der Waals surface area contributed by atoms with Gasteiger partial charge in [0.15, 0.2) is 0 Å². The fourth-order valence-corrected chi connectivity index (χ4v) is 1.87. The third kappa shape index (κ3) is 6.11. The van der Waals surface area contributed by atoms with Crippen molar-refractivity contribution in [2.75, 3.05) is 45.7 Å². The van der Waals surface area contributed by atoms with Gasteiger partial charge in [-0.1, -0.05) is 15.9 Å². The minimum atomic E-state index is -4.38. The molecule has 0 saturated carbocycles. The van der Waals surface area contributed by atoms with E-state index in [0.29, 0.717) is 24.2 Å². The van der Waals surface area contributed by atoms with Gasteiger partial charge in [0.05, 0.1) is 18.8 Å². The van der Waals surface area contributed by atoms with E-state index in [-0.39, 0.29) is 5.69 Å². The molecule has 1 aromatic rings. The monoisotopic (exact) mass is 354 g/mol. The van der Waals surface area contributed by atoms with Crippen LogP contribution in [0.5, 0.6) is 0 Å². The Balaban J connectivity index is 2.48. The largest absolute Gasteiger partial charge is 0.418 e. The molecule has 0 atom stereocenters. The van der Waals surface area contributed by atoms with Crippen LogP contribution in [-0.2, 0) is 10.9 Å². The number of nitrogens with one attached hydrogen (secondary N) is 1. The first-order valence-corrected chi connectivity index (χ1v) is 6.93. The second-order valence-corrected chi connectivity index (χ2v) is 5.45. The lowest BCUT2D eigenvalue weighted by molar-refractivity contribution is -0.137. The maximum Gasteiger partial charge on any atom is 0.418 e. The number of benzene rings is 1. The Labute approximate surface area is 125 Å². The second-order valence-electron chi connectivity index (χ2n) is 4.53. The van der Waals surface area contributed by atoms with Gasteiger partial charge in [-0.3, -0.25) is 0 Å². The van der Waals surface area contributed by atoms with E-state index in [1.807, 2.05) is 19.0 Å². The zero-order valence-corrected chi connectivity index (χ0v) is 13.0. The lowest BCUT2D eigenvalue weighted by Crippen LogP contribution is -2.20. The maximum atomic E-state index is 12.8. The average molecular weight is 355 g/mol. The van der Waals surface area contributed by atoms with Crippen molar-refractivity contribution in [3.63, 3.8) is 0 Å². The highest BCUT2D eigenvalue weighted by Gasteiger charge is 2.33. The minimum absolute atomic E-state index is 0.0666. The van der Waals surface area contributed by atoms with E-state index < -0.39 is 11.7 Å². The molecule has 1 rings (SSSR count). The van der Waals surface area contributed by atoms with E-state index in [1.54, 1.807) is 6.07 Å². The van der Waals surface area contributed by atoms with Crippen molar-refractivity contribution >= 4 is 21.6 Å². The highest BCUT2D eigenvalue weighted by molar-refractivity contribution is 9.10. The number of hydrogen-bond donors (Lipinski definition) is 1. The maximum absolute atomic E-state index is 12.8. The fourth-order valence-electron chi connectivity index (χ4n) is 1.51. The standard InChI is InChI=1S/C13H18BrF3N2O/c1-19(2)6-8-20-7-5-18-12-4-3-10(14)9-11(12)13(15,16)17/h3-4,9,18H,5-8H2,1-2H3. The summed E-state index contributed by atoms with van der Waals surface area (Å²) >= 11 is 3.05. The first-order chi connectivity index (χ1) is 9.30. The average Bonchev–Trinajstić information content (AvgIpc) is 2.33. The van der Waals surface area contributed by atoms with Crippen LogP contribution in [0.3, 0.4) is 0 Å². The predicted octanol–water partition coefficient (Wildman–Crippen LogP) is 3.46. The van der Waals surface area contributed by atoms with E-state index in [0.717, 1.165) is 12.6 Å². The van der Waals surface area contributed by atoms with E-state index in [2.05, 4.69) is 21.2 Å². The zero-order chi connectivity index (χ0) is 15.2. The number of anilines is 1. The zero-order valence-electron chi connectivity index (χ0n) is 11.4. The summed E-state index contributed by atoms with van der Waals surface area (Å²) in [6.07, 6.45) is -4.38. The molecule has 0 aliphatic carbocycles. The Morgan fingerprint density at radius 2 is 1.95 bits per heavy atom. The normalized spacial score (nSPS) is 11.9. The lowest BCUT2D eigenvalue weighted by atomic mass is 10.1. The van der Waals surface area contributed by atoms with Gasteiger partial charge >= 0.3 is 6.18 Å². The van der Waals surface area contributed by atoms with E-state index >= 15 is 0 Å². The van der Waals surface area contributed by atoms with Crippen molar-refractivity contribution in [3.05, 3.63) is 28.2 Å². The Kier molecular flexibility index (Phi) is 6.78. The Morgan fingerprint density at radius 1 is 1.25 bits per heavy atom. The van der Waals surface area contributed by atoms with Crippen LogP contribution in [0.1, 0.15) is 5.56 Å². The molecule has 0 aromatic heterocycles. The molecule has 3 nitrogen and oxygen atoms in total. The molecule has 0 spiro atoms. The number of halogens is 4. The van der Waals surface area contributed by atoms with Crippen LogP contribution in [0, 0.1) is 0 Å². The molecule has 0 aliphatic heterocycles. The summed E-state index contributed by atoms with van der Waals surface area (Å²) in [7, 11) is 3.86. The summed E-state index contributed by atoms with van der Waals surface area (Å²) in [5.41, 5.74) is -0.614. The third-order valence-electron chi connectivity index (χ3n) is 2.53. The van der Waals surface area contributed by atoms with Crippen LogP contribution in [0.2, 0.25) is 0 Å². The Bertz CT molecular complexity index is 425. The number of likely N-dealkylation sites (N-methyl/N-ethyl adjacent to an activating group) is 1. The minimum Gasteiger partial charge on any atom is -0.382 e. The van der Waals surface area contributed by atoms with Crippen LogP contribution in [0.4, 0.5) is 18.9 Å². The summed E-state index contributed by atoms with van der Waals surface area (Å²) in [5.74, 6) is 0. The highest BCUT2D eigenvalue weighted by Crippen LogP contribution is 2.36. The van der Waals surface area contributed by atoms with Crippen LogP contribution >= 0.6 is 15.9 Å². The summed E-state index contributed by atoms with van der Waals surface area (Å²) < 4.78 is 44.3. The Morgan fingerprint density at radius 3 is 2.55 bits per heavy atom. The summed E-state index contributed by atoms with van der Waals surface area (Å²) in [6, 6.07) is 4.05. The van der Waals surface area contributed by atoms with Gasteiger partial charge in [-0.25, -0.2) is 0 Å². The number of nitrogens with zero attached hydrogens (tertiary/aromatic N) is 1. The molecule has 20 heavy (non-hydrogen) atoms. The molecular weight excluding hydrogens is 337 g/mol. The molecule has 7 heteroatoms. The van der Waals surface area contributed by atoms with E-state index in [9.17, 15) is 13.2 Å². The van der Waals surface area contributed by atoms with Gasteiger partial charge < -0.3 is 15.0 Å². The van der Waals surface area contributed by atoms with Gasteiger partial charge in [-0.2, -0.15) is 13.2 Å². The summed E-state index contributed by atoms with van der Waals surface area (Å²) in [4.78, 5) is 1.98. The Hall–Kier alpha value is -0.790. The molecule has 0 aliphatic rings. The van der Waals surface area contributed by atoms with E-state index in [4.69, 9.17) is 4.74 Å². The molecule has 114 valence electrons. The molecule has 0 heterocycles. The highest BCUT2D eigenvalue weighted by atomic mass is 79.9. The fraction of sp³-hybridized carbons (Fsp3) is 0.538. The van der Waals surface area contributed by atoms with Crippen LogP contribution < -0.4 is 5.32 Å². The SMILES string of the molecule is CN(C)CCOCCNc1ccc(Br)cc1C(F)(F)F. The topological polar surface area (TPSA) is 24.5 Å². The van der Waals surface area contributed by atoms with Gasteiger partial charge in [0.2, 0.25) is 0 Å². The molecule has 0 bridgehead atoms. The van der Waals surface area contributed by atoms with Crippen molar-refractivity contribution in [3.8, 4) is 0 Å². The van der Waals surface area contributed by atoms with Gasteiger partial charge in [-0.15, -0.1) is 0 Å². The first kappa shape index (κ1) is 17.3. The number of rotatable bonds is 7. The number of hydrogen-bond acceptors (Lipinski definition) is 3. The van der Waals surface area contributed by atoms with Gasteiger partial charge in [0.25, 0.3) is 0 Å².